The first-order chi connectivity index (χ1) is 9.82. The molecule has 21 heavy (non-hydrogen) atoms. The van der Waals surface area contributed by atoms with Gasteiger partial charge < -0.3 is 5.73 Å². The lowest BCUT2D eigenvalue weighted by Gasteiger charge is -2.18. The van der Waals surface area contributed by atoms with Crippen LogP contribution in [0.2, 0.25) is 5.02 Å². The SMILES string of the molecule is Cc1ccc(S(=O)(=O)N(C)Cc2ccccc2Cl)cc1N. The summed E-state index contributed by atoms with van der Waals surface area (Å²) in [7, 11) is -2.08. The number of hydrogen-bond acceptors (Lipinski definition) is 3. The smallest absolute Gasteiger partial charge is 0.243 e. The molecule has 0 saturated carbocycles. The van der Waals surface area contributed by atoms with E-state index in [1.807, 2.05) is 13.0 Å². The standard InChI is InChI=1S/C15H17ClN2O2S/c1-11-7-8-13(9-15(11)17)21(19,20)18(2)10-12-5-3-4-6-14(12)16/h3-9H,10,17H2,1-2H3. The molecule has 0 fully saturated rings. The molecule has 0 bridgehead atoms. The molecule has 6 heteroatoms. The second-order valence-electron chi connectivity index (χ2n) is 4.87. The van der Waals surface area contributed by atoms with E-state index < -0.39 is 10.0 Å². The molecule has 0 aromatic heterocycles. The van der Waals surface area contributed by atoms with E-state index in [2.05, 4.69) is 0 Å². The Morgan fingerprint density at radius 2 is 1.86 bits per heavy atom. The minimum Gasteiger partial charge on any atom is -0.398 e. The predicted octanol–water partition coefficient (Wildman–Crippen LogP) is 3.05. The van der Waals surface area contributed by atoms with Gasteiger partial charge in [-0.25, -0.2) is 8.42 Å². The zero-order valence-electron chi connectivity index (χ0n) is 11.9. The Hall–Kier alpha value is -1.56. The molecule has 0 aliphatic heterocycles. The lowest BCUT2D eigenvalue weighted by Crippen LogP contribution is -2.26. The minimum absolute atomic E-state index is 0.181. The van der Waals surface area contributed by atoms with E-state index in [0.29, 0.717) is 10.7 Å². The maximum Gasteiger partial charge on any atom is 0.243 e. The highest BCUT2D eigenvalue weighted by atomic mass is 35.5. The molecule has 0 radical (unpaired) electrons. The average Bonchev–Trinajstić information content (AvgIpc) is 2.44. The van der Waals surface area contributed by atoms with E-state index in [9.17, 15) is 8.42 Å². The quantitative estimate of drug-likeness (QED) is 0.879. The van der Waals surface area contributed by atoms with Gasteiger partial charge in [-0.05, 0) is 36.2 Å². The molecule has 2 aromatic carbocycles. The maximum atomic E-state index is 12.5. The summed E-state index contributed by atoms with van der Waals surface area (Å²) in [5.74, 6) is 0. The van der Waals surface area contributed by atoms with Crippen LogP contribution in [0.15, 0.2) is 47.4 Å². The summed E-state index contributed by atoms with van der Waals surface area (Å²) in [5.41, 5.74) is 7.86. The Balaban J connectivity index is 2.30. The number of hydrogen-bond donors (Lipinski definition) is 1. The van der Waals surface area contributed by atoms with Crippen molar-refractivity contribution in [3.8, 4) is 0 Å². The van der Waals surface area contributed by atoms with Crippen LogP contribution in [-0.2, 0) is 16.6 Å². The number of nitrogen functional groups attached to an aromatic ring is 1. The second kappa shape index (κ2) is 6.05. The van der Waals surface area contributed by atoms with Crippen LogP contribution < -0.4 is 5.73 Å². The zero-order valence-corrected chi connectivity index (χ0v) is 13.4. The fourth-order valence-electron chi connectivity index (χ4n) is 1.91. The van der Waals surface area contributed by atoms with Crippen molar-refractivity contribution in [3.63, 3.8) is 0 Å². The van der Waals surface area contributed by atoms with Crippen molar-refractivity contribution in [2.75, 3.05) is 12.8 Å². The third-order valence-corrected chi connectivity index (χ3v) is 5.48. The van der Waals surface area contributed by atoms with Crippen LogP contribution in [0.25, 0.3) is 0 Å². The summed E-state index contributed by atoms with van der Waals surface area (Å²) < 4.78 is 26.3. The molecular formula is C15H17ClN2O2S. The number of halogens is 1. The third-order valence-electron chi connectivity index (χ3n) is 3.31. The van der Waals surface area contributed by atoms with Crippen molar-refractivity contribution >= 4 is 27.3 Å². The monoisotopic (exact) mass is 324 g/mol. The van der Waals surface area contributed by atoms with Gasteiger partial charge in [-0.2, -0.15) is 4.31 Å². The van der Waals surface area contributed by atoms with Gasteiger partial charge in [-0.1, -0.05) is 35.9 Å². The molecule has 0 unspecified atom stereocenters. The Bertz CT molecular complexity index is 760. The second-order valence-corrected chi connectivity index (χ2v) is 7.32. The zero-order chi connectivity index (χ0) is 15.6. The Kier molecular flexibility index (Phi) is 4.56. The number of aryl methyl sites for hydroxylation is 1. The van der Waals surface area contributed by atoms with Gasteiger partial charge in [0.15, 0.2) is 0 Å². The van der Waals surface area contributed by atoms with Crippen molar-refractivity contribution in [1.82, 2.24) is 4.31 Å². The fraction of sp³-hybridized carbons (Fsp3) is 0.200. The molecule has 2 rings (SSSR count). The lowest BCUT2D eigenvalue weighted by atomic mass is 10.2. The number of nitrogens with zero attached hydrogens (tertiary/aromatic N) is 1. The summed E-state index contributed by atoms with van der Waals surface area (Å²) in [4.78, 5) is 0.181. The van der Waals surface area contributed by atoms with Crippen LogP contribution in [0.4, 0.5) is 5.69 Å². The first kappa shape index (κ1) is 15.8. The predicted molar refractivity (Wildman–Crippen MR) is 85.7 cm³/mol. The first-order valence-corrected chi connectivity index (χ1v) is 8.20. The van der Waals surface area contributed by atoms with E-state index in [1.165, 1.54) is 17.4 Å². The van der Waals surface area contributed by atoms with Gasteiger partial charge in [0.05, 0.1) is 4.90 Å². The van der Waals surface area contributed by atoms with Crippen LogP contribution in [0, 0.1) is 6.92 Å². The topological polar surface area (TPSA) is 63.4 Å². The van der Waals surface area contributed by atoms with Gasteiger partial charge in [0.1, 0.15) is 0 Å². The highest BCUT2D eigenvalue weighted by molar-refractivity contribution is 7.89. The van der Waals surface area contributed by atoms with Crippen LogP contribution >= 0.6 is 11.6 Å². The number of rotatable bonds is 4. The number of sulfonamides is 1. The van der Waals surface area contributed by atoms with E-state index in [-0.39, 0.29) is 11.4 Å². The normalized spacial score (nSPS) is 11.8. The highest BCUT2D eigenvalue weighted by Gasteiger charge is 2.22. The Morgan fingerprint density at radius 1 is 1.19 bits per heavy atom. The molecule has 0 aliphatic rings. The van der Waals surface area contributed by atoms with Gasteiger partial charge in [0.2, 0.25) is 10.0 Å². The minimum atomic E-state index is -3.60. The molecular weight excluding hydrogens is 308 g/mol. The molecule has 0 spiro atoms. The van der Waals surface area contributed by atoms with Crippen LogP contribution in [0.3, 0.4) is 0 Å². The number of benzene rings is 2. The van der Waals surface area contributed by atoms with Crippen molar-refractivity contribution in [3.05, 3.63) is 58.6 Å². The molecule has 0 amide bonds. The van der Waals surface area contributed by atoms with Crippen molar-refractivity contribution in [2.24, 2.45) is 0 Å². The molecule has 0 aliphatic carbocycles. The summed E-state index contributed by atoms with van der Waals surface area (Å²) >= 11 is 6.07. The van der Waals surface area contributed by atoms with Gasteiger partial charge in [0.25, 0.3) is 0 Å². The van der Waals surface area contributed by atoms with Gasteiger partial charge in [0, 0.05) is 24.3 Å². The first-order valence-electron chi connectivity index (χ1n) is 6.38. The average molecular weight is 325 g/mol. The summed E-state index contributed by atoms with van der Waals surface area (Å²) in [5, 5.41) is 0.544. The summed E-state index contributed by atoms with van der Waals surface area (Å²) in [6.07, 6.45) is 0. The van der Waals surface area contributed by atoms with E-state index in [1.54, 1.807) is 30.3 Å². The molecule has 112 valence electrons. The highest BCUT2D eigenvalue weighted by Crippen LogP contribution is 2.23. The van der Waals surface area contributed by atoms with Crippen LogP contribution in [0.5, 0.6) is 0 Å². The van der Waals surface area contributed by atoms with Gasteiger partial charge in [-0.3, -0.25) is 0 Å². The molecule has 2 aromatic rings. The maximum absolute atomic E-state index is 12.5. The lowest BCUT2D eigenvalue weighted by molar-refractivity contribution is 0.467. The summed E-state index contributed by atoms with van der Waals surface area (Å²) in [6, 6.07) is 11.9. The van der Waals surface area contributed by atoms with Crippen molar-refractivity contribution in [1.29, 1.82) is 0 Å². The van der Waals surface area contributed by atoms with Crippen molar-refractivity contribution < 1.29 is 8.42 Å². The van der Waals surface area contributed by atoms with E-state index >= 15 is 0 Å². The number of nitrogens with two attached hydrogens (primary N) is 1. The third kappa shape index (κ3) is 3.37. The molecule has 2 N–H and O–H groups in total. The van der Waals surface area contributed by atoms with E-state index in [0.717, 1.165) is 11.1 Å². The summed E-state index contributed by atoms with van der Waals surface area (Å²) in [6.45, 7) is 2.04. The van der Waals surface area contributed by atoms with Crippen molar-refractivity contribution in [2.45, 2.75) is 18.4 Å². The molecule has 4 nitrogen and oxygen atoms in total. The van der Waals surface area contributed by atoms with Crippen LogP contribution in [-0.4, -0.2) is 19.8 Å². The molecule has 0 saturated heterocycles. The Labute approximate surface area is 130 Å². The largest absolute Gasteiger partial charge is 0.398 e. The number of anilines is 1. The fourth-order valence-corrected chi connectivity index (χ4v) is 3.29. The Morgan fingerprint density at radius 3 is 2.48 bits per heavy atom. The molecule has 0 atom stereocenters. The van der Waals surface area contributed by atoms with Gasteiger partial charge in [-0.15, -0.1) is 0 Å². The molecule has 0 heterocycles. The van der Waals surface area contributed by atoms with Gasteiger partial charge >= 0.3 is 0 Å². The van der Waals surface area contributed by atoms with E-state index in [4.69, 9.17) is 17.3 Å². The van der Waals surface area contributed by atoms with Crippen LogP contribution in [0.1, 0.15) is 11.1 Å².